The smallest absolute Gasteiger partial charge is 0.209 e. The summed E-state index contributed by atoms with van der Waals surface area (Å²) < 4.78 is 0. The molecular formula is C8H13NO2. The van der Waals surface area contributed by atoms with Crippen LogP contribution in [0.5, 0.6) is 0 Å². The van der Waals surface area contributed by atoms with E-state index in [9.17, 15) is 4.79 Å². The highest BCUT2D eigenvalue weighted by Crippen LogP contribution is 2.13. The van der Waals surface area contributed by atoms with Crippen molar-refractivity contribution >= 4 is 6.41 Å². The van der Waals surface area contributed by atoms with Gasteiger partial charge < -0.3 is 10.0 Å². The van der Waals surface area contributed by atoms with Crippen molar-refractivity contribution in [2.45, 2.75) is 12.8 Å². The van der Waals surface area contributed by atoms with Gasteiger partial charge in [0.05, 0.1) is 6.61 Å². The number of nitrogens with zero attached hydrogens (tertiary/aromatic N) is 1. The third-order valence-electron chi connectivity index (χ3n) is 1.97. The van der Waals surface area contributed by atoms with Gasteiger partial charge in [0.15, 0.2) is 0 Å². The Hall–Kier alpha value is -0.830. The third-order valence-corrected chi connectivity index (χ3v) is 1.97. The molecule has 1 heterocycles. The number of likely N-dealkylation sites (tertiary alicyclic amines) is 1. The third kappa shape index (κ3) is 2.35. The van der Waals surface area contributed by atoms with E-state index in [1.807, 2.05) is 6.08 Å². The van der Waals surface area contributed by atoms with Crippen molar-refractivity contribution in [1.82, 2.24) is 4.90 Å². The maximum Gasteiger partial charge on any atom is 0.209 e. The molecule has 0 unspecified atom stereocenters. The molecule has 0 spiro atoms. The summed E-state index contributed by atoms with van der Waals surface area (Å²) in [6.07, 6.45) is 4.55. The number of carbonyl (C=O) groups is 1. The van der Waals surface area contributed by atoms with E-state index in [4.69, 9.17) is 5.11 Å². The molecule has 11 heavy (non-hydrogen) atoms. The minimum atomic E-state index is 0.121. The summed E-state index contributed by atoms with van der Waals surface area (Å²) in [6.45, 7) is 1.72. The van der Waals surface area contributed by atoms with Crippen LogP contribution in [0.15, 0.2) is 11.6 Å². The number of rotatable bonds is 2. The van der Waals surface area contributed by atoms with E-state index >= 15 is 0 Å². The van der Waals surface area contributed by atoms with Crippen molar-refractivity contribution < 1.29 is 9.90 Å². The van der Waals surface area contributed by atoms with Crippen molar-refractivity contribution in [1.29, 1.82) is 0 Å². The predicted molar refractivity (Wildman–Crippen MR) is 42.0 cm³/mol. The van der Waals surface area contributed by atoms with E-state index in [1.54, 1.807) is 4.90 Å². The second kappa shape index (κ2) is 4.13. The number of aliphatic hydroxyl groups excluding tert-OH is 1. The fourth-order valence-electron chi connectivity index (χ4n) is 1.25. The van der Waals surface area contributed by atoms with E-state index < -0.39 is 0 Å². The maximum atomic E-state index is 10.3. The Morgan fingerprint density at radius 3 is 2.55 bits per heavy atom. The van der Waals surface area contributed by atoms with Crippen LogP contribution in [0.1, 0.15) is 12.8 Å². The first-order chi connectivity index (χ1) is 5.36. The van der Waals surface area contributed by atoms with Gasteiger partial charge in [-0.1, -0.05) is 11.6 Å². The molecule has 1 fully saturated rings. The van der Waals surface area contributed by atoms with Crippen LogP contribution in [-0.4, -0.2) is 36.1 Å². The summed E-state index contributed by atoms with van der Waals surface area (Å²) >= 11 is 0. The second-order valence-electron chi connectivity index (χ2n) is 2.69. The molecule has 62 valence electrons. The van der Waals surface area contributed by atoms with Crippen molar-refractivity contribution in [3.05, 3.63) is 11.6 Å². The molecule has 0 atom stereocenters. The zero-order valence-corrected chi connectivity index (χ0v) is 6.49. The van der Waals surface area contributed by atoms with E-state index in [-0.39, 0.29) is 6.61 Å². The minimum Gasteiger partial charge on any atom is -0.392 e. The Morgan fingerprint density at radius 2 is 2.09 bits per heavy atom. The van der Waals surface area contributed by atoms with Crippen LogP contribution in [0.25, 0.3) is 0 Å². The lowest BCUT2D eigenvalue weighted by atomic mass is 10.0. The van der Waals surface area contributed by atoms with Gasteiger partial charge in [-0.05, 0) is 12.8 Å². The van der Waals surface area contributed by atoms with Gasteiger partial charge in [-0.15, -0.1) is 0 Å². The van der Waals surface area contributed by atoms with E-state index in [0.717, 1.165) is 32.3 Å². The van der Waals surface area contributed by atoms with Gasteiger partial charge in [-0.3, -0.25) is 4.79 Å². The van der Waals surface area contributed by atoms with Crippen LogP contribution in [0, 0.1) is 0 Å². The Labute approximate surface area is 66.3 Å². The highest BCUT2D eigenvalue weighted by Gasteiger charge is 2.10. The highest BCUT2D eigenvalue weighted by molar-refractivity contribution is 5.47. The van der Waals surface area contributed by atoms with Gasteiger partial charge in [-0.2, -0.15) is 0 Å². The number of carbonyl (C=O) groups excluding carboxylic acids is 1. The van der Waals surface area contributed by atoms with Gasteiger partial charge in [0.25, 0.3) is 0 Å². The summed E-state index contributed by atoms with van der Waals surface area (Å²) in [5.41, 5.74) is 1.27. The number of aliphatic hydroxyl groups is 1. The van der Waals surface area contributed by atoms with Crippen molar-refractivity contribution in [3.63, 3.8) is 0 Å². The Kier molecular flexibility index (Phi) is 3.11. The van der Waals surface area contributed by atoms with Gasteiger partial charge in [0.1, 0.15) is 0 Å². The first-order valence-corrected chi connectivity index (χ1v) is 3.85. The minimum absolute atomic E-state index is 0.121. The molecule has 1 N–H and O–H groups in total. The van der Waals surface area contributed by atoms with Crippen LogP contribution in [0.2, 0.25) is 0 Å². The molecule has 1 saturated heterocycles. The van der Waals surface area contributed by atoms with Gasteiger partial charge >= 0.3 is 0 Å². The quantitative estimate of drug-likeness (QED) is 0.455. The van der Waals surface area contributed by atoms with Crippen LogP contribution >= 0.6 is 0 Å². The van der Waals surface area contributed by atoms with E-state index in [0.29, 0.717) is 0 Å². The zero-order valence-electron chi connectivity index (χ0n) is 6.49. The molecule has 0 aromatic rings. The van der Waals surface area contributed by atoms with Crippen LogP contribution in [0.3, 0.4) is 0 Å². The average Bonchev–Trinajstić information content (AvgIpc) is 2.07. The van der Waals surface area contributed by atoms with Crippen molar-refractivity contribution in [2.24, 2.45) is 0 Å². The van der Waals surface area contributed by atoms with Crippen LogP contribution in [0.4, 0.5) is 0 Å². The normalized spacial score (nSPS) is 18.3. The number of hydrogen-bond donors (Lipinski definition) is 1. The lowest BCUT2D eigenvalue weighted by Gasteiger charge is -2.24. The molecule has 0 aromatic carbocycles. The monoisotopic (exact) mass is 155 g/mol. The molecule has 0 saturated carbocycles. The topological polar surface area (TPSA) is 40.5 Å². The summed E-state index contributed by atoms with van der Waals surface area (Å²) in [5.74, 6) is 0. The Balaban J connectivity index is 2.35. The molecule has 0 aliphatic carbocycles. The maximum absolute atomic E-state index is 10.3. The number of piperidine rings is 1. The lowest BCUT2D eigenvalue weighted by molar-refractivity contribution is -0.118. The molecular weight excluding hydrogens is 142 g/mol. The second-order valence-corrected chi connectivity index (χ2v) is 2.69. The fraction of sp³-hybridized carbons (Fsp3) is 0.625. The largest absolute Gasteiger partial charge is 0.392 e. The molecule has 3 heteroatoms. The van der Waals surface area contributed by atoms with E-state index in [1.165, 1.54) is 5.57 Å². The first kappa shape index (κ1) is 8.27. The fourth-order valence-corrected chi connectivity index (χ4v) is 1.25. The standard InChI is InChI=1S/C8H13NO2/c10-6-3-8-1-4-9(7-11)5-2-8/h3,7,10H,1-2,4-6H2. The van der Waals surface area contributed by atoms with Crippen LogP contribution < -0.4 is 0 Å². The molecule has 0 radical (unpaired) electrons. The summed E-state index contributed by atoms with van der Waals surface area (Å²) in [4.78, 5) is 12.0. The van der Waals surface area contributed by atoms with Gasteiger partial charge in [0.2, 0.25) is 6.41 Å². The number of amides is 1. The molecule has 0 aromatic heterocycles. The Morgan fingerprint density at radius 1 is 1.45 bits per heavy atom. The molecule has 0 bridgehead atoms. The molecule has 1 rings (SSSR count). The number of hydrogen-bond acceptors (Lipinski definition) is 2. The SMILES string of the molecule is O=CN1CCC(=CCO)CC1. The summed E-state index contributed by atoms with van der Waals surface area (Å²) in [7, 11) is 0. The lowest BCUT2D eigenvalue weighted by Crippen LogP contribution is -2.29. The van der Waals surface area contributed by atoms with Gasteiger partial charge in [0, 0.05) is 13.1 Å². The average molecular weight is 155 g/mol. The molecule has 3 nitrogen and oxygen atoms in total. The van der Waals surface area contributed by atoms with Gasteiger partial charge in [-0.25, -0.2) is 0 Å². The van der Waals surface area contributed by atoms with Crippen LogP contribution in [-0.2, 0) is 4.79 Å². The summed E-state index contributed by atoms with van der Waals surface area (Å²) in [6, 6.07) is 0. The Bertz CT molecular complexity index is 155. The molecule has 1 amide bonds. The highest BCUT2D eigenvalue weighted by atomic mass is 16.2. The molecule has 1 aliphatic heterocycles. The van der Waals surface area contributed by atoms with E-state index in [2.05, 4.69) is 0 Å². The zero-order chi connectivity index (χ0) is 8.10. The molecule has 1 aliphatic rings. The predicted octanol–water partition coefficient (Wildman–Crippen LogP) is 0.157. The first-order valence-electron chi connectivity index (χ1n) is 3.85. The summed E-state index contributed by atoms with van der Waals surface area (Å²) in [5, 5.41) is 8.58. The van der Waals surface area contributed by atoms with Crippen molar-refractivity contribution in [2.75, 3.05) is 19.7 Å². The van der Waals surface area contributed by atoms with Crippen molar-refractivity contribution in [3.8, 4) is 0 Å².